The van der Waals surface area contributed by atoms with Gasteiger partial charge in [-0.1, -0.05) is 36.4 Å². The van der Waals surface area contributed by atoms with E-state index in [-0.39, 0.29) is 17.3 Å². The van der Waals surface area contributed by atoms with E-state index in [9.17, 15) is 0 Å². The average molecular weight is 478 g/mol. The van der Waals surface area contributed by atoms with Crippen LogP contribution < -0.4 is 9.47 Å². The van der Waals surface area contributed by atoms with E-state index in [0.717, 1.165) is 42.3 Å². The highest BCUT2D eigenvalue weighted by molar-refractivity contribution is 5.91. The molecule has 6 rings (SSSR count). The minimum absolute atomic E-state index is 0.149. The molecular formula is C31H31N3O2. The molecule has 3 atom stereocenters. The molecule has 0 aliphatic carbocycles. The van der Waals surface area contributed by atoms with Gasteiger partial charge in [-0.2, -0.15) is 0 Å². The molecule has 182 valence electrons. The van der Waals surface area contributed by atoms with Crippen LogP contribution in [-0.4, -0.2) is 43.4 Å². The average Bonchev–Trinajstić information content (AvgIpc) is 3.52. The number of aromatic nitrogens is 1. The number of nitrogens with one attached hydrogen (secondary N) is 1. The minimum atomic E-state index is -0.322. The maximum atomic E-state index is 5.65. The van der Waals surface area contributed by atoms with E-state index in [2.05, 4.69) is 89.5 Å². The minimum Gasteiger partial charge on any atom is -0.497 e. The van der Waals surface area contributed by atoms with E-state index in [0.29, 0.717) is 0 Å². The number of aliphatic imine (C=N–C) groups is 1. The highest BCUT2D eigenvalue weighted by atomic mass is 16.5. The van der Waals surface area contributed by atoms with Gasteiger partial charge in [0.05, 0.1) is 19.9 Å². The summed E-state index contributed by atoms with van der Waals surface area (Å²) in [5.41, 5.74) is 5.61. The SMILES string of the molecule is C=C[C@@H]1CN(Cc2ccccc2)C[C@H](c2c[nH]c3ccc(OC)cc23)[C@]12C=Nc1ccc(OC)cc12. The fourth-order valence-corrected chi connectivity index (χ4v) is 6.22. The Kier molecular flexibility index (Phi) is 5.65. The van der Waals surface area contributed by atoms with Gasteiger partial charge in [0, 0.05) is 60.2 Å². The Morgan fingerprint density at radius 3 is 2.58 bits per heavy atom. The van der Waals surface area contributed by atoms with Crippen molar-refractivity contribution in [2.24, 2.45) is 10.9 Å². The first-order valence-corrected chi connectivity index (χ1v) is 12.4. The van der Waals surface area contributed by atoms with Crippen molar-refractivity contribution >= 4 is 22.8 Å². The molecule has 3 heterocycles. The van der Waals surface area contributed by atoms with Gasteiger partial charge in [0.25, 0.3) is 0 Å². The van der Waals surface area contributed by atoms with Crippen molar-refractivity contribution in [3.8, 4) is 11.5 Å². The van der Waals surface area contributed by atoms with Crippen molar-refractivity contribution in [3.05, 3.63) is 102 Å². The smallest absolute Gasteiger partial charge is 0.119 e. The molecule has 0 radical (unpaired) electrons. The Balaban J connectivity index is 1.53. The molecule has 2 aliphatic heterocycles. The summed E-state index contributed by atoms with van der Waals surface area (Å²) in [6.45, 7) is 7.01. The Morgan fingerprint density at radius 2 is 1.81 bits per heavy atom. The largest absolute Gasteiger partial charge is 0.497 e. The summed E-state index contributed by atoms with van der Waals surface area (Å²) < 4.78 is 11.3. The van der Waals surface area contributed by atoms with E-state index in [1.54, 1.807) is 14.2 Å². The molecule has 5 heteroatoms. The van der Waals surface area contributed by atoms with Gasteiger partial charge in [-0.05, 0) is 53.1 Å². The number of fused-ring (bicyclic) bond motifs is 3. The molecule has 5 nitrogen and oxygen atoms in total. The molecule has 1 saturated heterocycles. The molecule has 2 aliphatic rings. The van der Waals surface area contributed by atoms with Gasteiger partial charge in [0.15, 0.2) is 0 Å². The molecular weight excluding hydrogens is 446 g/mol. The summed E-state index contributed by atoms with van der Waals surface area (Å²) in [5, 5.41) is 1.19. The van der Waals surface area contributed by atoms with Crippen molar-refractivity contribution < 1.29 is 9.47 Å². The Bertz CT molecular complexity index is 1440. The third-order valence-electron chi connectivity index (χ3n) is 8.00. The van der Waals surface area contributed by atoms with Crippen molar-refractivity contribution in [3.63, 3.8) is 0 Å². The van der Waals surface area contributed by atoms with Crippen LogP contribution in [0.2, 0.25) is 0 Å². The monoisotopic (exact) mass is 477 g/mol. The molecule has 0 unspecified atom stereocenters. The number of likely N-dealkylation sites (tertiary alicyclic amines) is 1. The zero-order valence-corrected chi connectivity index (χ0v) is 20.8. The molecule has 0 amide bonds. The molecule has 0 saturated carbocycles. The third-order valence-corrected chi connectivity index (χ3v) is 8.00. The normalized spacial score (nSPS) is 23.2. The third kappa shape index (κ3) is 3.54. The van der Waals surface area contributed by atoms with Gasteiger partial charge in [-0.25, -0.2) is 0 Å². The number of methoxy groups -OCH3 is 2. The first-order chi connectivity index (χ1) is 17.7. The van der Waals surface area contributed by atoms with Crippen LogP contribution in [0.1, 0.15) is 22.6 Å². The highest BCUT2D eigenvalue weighted by Crippen LogP contribution is 2.55. The zero-order chi connectivity index (χ0) is 24.7. The second kappa shape index (κ2) is 8.99. The summed E-state index contributed by atoms with van der Waals surface area (Å²) in [6, 6.07) is 23.2. The highest BCUT2D eigenvalue weighted by Gasteiger charge is 2.53. The van der Waals surface area contributed by atoms with E-state index < -0.39 is 0 Å². The number of hydrogen-bond acceptors (Lipinski definition) is 4. The number of piperidine rings is 1. The van der Waals surface area contributed by atoms with Crippen LogP contribution in [0.25, 0.3) is 10.9 Å². The number of benzene rings is 3. The fourth-order valence-electron chi connectivity index (χ4n) is 6.22. The molecule has 4 aromatic rings. The zero-order valence-electron chi connectivity index (χ0n) is 20.8. The maximum Gasteiger partial charge on any atom is 0.119 e. The van der Waals surface area contributed by atoms with Crippen molar-refractivity contribution in [1.82, 2.24) is 9.88 Å². The summed E-state index contributed by atoms with van der Waals surface area (Å²) in [7, 11) is 3.44. The first-order valence-electron chi connectivity index (χ1n) is 12.4. The molecule has 3 aromatic carbocycles. The topological polar surface area (TPSA) is 49.9 Å². The lowest BCUT2D eigenvalue weighted by atomic mass is 9.59. The van der Waals surface area contributed by atoms with E-state index >= 15 is 0 Å². The second-order valence-corrected chi connectivity index (χ2v) is 9.80. The van der Waals surface area contributed by atoms with Gasteiger partial charge >= 0.3 is 0 Å². The number of rotatable bonds is 6. The Morgan fingerprint density at radius 1 is 1.03 bits per heavy atom. The van der Waals surface area contributed by atoms with Crippen molar-refractivity contribution in [2.75, 3.05) is 27.3 Å². The fraction of sp³-hybridized carbons (Fsp3) is 0.258. The molecule has 36 heavy (non-hydrogen) atoms. The first kappa shape index (κ1) is 22.6. The summed E-state index contributed by atoms with van der Waals surface area (Å²) >= 11 is 0. The van der Waals surface area contributed by atoms with E-state index in [1.807, 2.05) is 12.1 Å². The number of hydrogen-bond donors (Lipinski definition) is 1. The van der Waals surface area contributed by atoms with Crippen LogP contribution in [0.4, 0.5) is 5.69 Å². The lowest BCUT2D eigenvalue weighted by Gasteiger charge is -2.49. The number of aromatic amines is 1. The lowest BCUT2D eigenvalue weighted by molar-refractivity contribution is 0.126. The predicted octanol–water partition coefficient (Wildman–Crippen LogP) is 6.24. The van der Waals surface area contributed by atoms with E-state index in [4.69, 9.17) is 14.5 Å². The molecule has 1 aromatic heterocycles. The summed E-state index contributed by atoms with van der Waals surface area (Å²) in [5.74, 6) is 2.04. The van der Waals surface area contributed by atoms with Gasteiger partial charge in [0.2, 0.25) is 0 Å². The number of nitrogens with zero attached hydrogens (tertiary/aromatic N) is 2. The summed E-state index contributed by atoms with van der Waals surface area (Å²) in [4.78, 5) is 11.0. The number of ether oxygens (including phenoxy) is 2. The second-order valence-electron chi connectivity index (χ2n) is 9.80. The summed E-state index contributed by atoms with van der Waals surface area (Å²) in [6.07, 6.45) is 6.49. The predicted molar refractivity (Wildman–Crippen MR) is 146 cm³/mol. The quantitative estimate of drug-likeness (QED) is 0.335. The lowest BCUT2D eigenvalue weighted by Crippen LogP contribution is -2.54. The maximum absolute atomic E-state index is 5.65. The van der Waals surface area contributed by atoms with Gasteiger partial charge in [0.1, 0.15) is 11.5 Å². The van der Waals surface area contributed by atoms with Crippen molar-refractivity contribution in [2.45, 2.75) is 17.9 Å². The van der Waals surface area contributed by atoms with Crippen molar-refractivity contribution in [1.29, 1.82) is 0 Å². The van der Waals surface area contributed by atoms with Crippen LogP contribution in [-0.2, 0) is 12.0 Å². The van der Waals surface area contributed by atoms with Crippen LogP contribution >= 0.6 is 0 Å². The van der Waals surface area contributed by atoms with Crippen LogP contribution in [0.5, 0.6) is 11.5 Å². The van der Waals surface area contributed by atoms with Crippen LogP contribution in [0.3, 0.4) is 0 Å². The molecule has 1 spiro atoms. The Hall–Kier alpha value is -3.83. The standard InChI is InChI=1S/C31H31N3O2/c1-4-22-18-34(17-21-8-6-5-7-9-21)19-28(26-16-32-29-12-10-23(35-2)14-25(26)29)31(22)20-33-30-13-11-24(36-3)15-27(30)31/h4-16,20,22,28,32H,1,17-19H2,2-3H3/t22-,28-,31-/m1/s1. The molecule has 1 N–H and O–H groups in total. The molecule has 1 fully saturated rings. The van der Waals surface area contributed by atoms with Gasteiger partial charge in [-0.15, -0.1) is 6.58 Å². The van der Waals surface area contributed by atoms with E-state index in [1.165, 1.54) is 22.1 Å². The van der Waals surface area contributed by atoms with Gasteiger partial charge in [-0.3, -0.25) is 9.89 Å². The number of H-pyrrole nitrogens is 1. The molecule has 0 bridgehead atoms. The van der Waals surface area contributed by atoms with Crippen LogP contribution in [0.15, 0.2) is 90.6 Å². The van der Waals surface area contributed by atoms with Gasteiger partial charge < -0.3 is 14.5 Å². The van der Waals surface area contributed by atoms with Crippen LogP contribution in [0, 0.1) is 5.92 Å². The Labute approximate surface area is 212 Å².